The first kappa shape index (κ1) is 12.5. The van der Waals surface area contributed by atoms with Gasteiger partial charge in [0.2, 0.25) is 0 Å². The number of nitrogens with zero attached hydrogens (tertiary/aromatic N) is 1. The molecule has 2 nitrogen and oxygen atoms in total. The second-order valence-electron chi connectivity index (χ2n) is 5.78. The van der Waals surface area contributed by atoms with Gasteiger partial charge in [0.25, 0.3) is 0 Å². The van der Waals surface area contributed by atoms with E-state index in [0.717, 1.165) is 22.9 Å². The van der Waals surface area contributed by atoms with Crippen LogP contribution >= 0.6 is 0 Å². The molecule has 3 atom stereocenters. The molecule has 0 bridgehead atoms. The summed E-state index contributed by atoms with van der Waals surface area (Å²) in [5.74, 6) is 0.743. The summed E-state index contributed by atoms with van der Waals surface area (Å²) in [5, 5.41) is 12.9. The van der Waals surface area contributed by atoms with Crippen LogP contribution in [-0.4, -0.2) is 10.1 Å². The Morgan fingerprint density at radius 1 is 0.952 bits per heavy atom. The lowest BCUT2D eigenvalue weighted by Gasteiger charge is -2.12. The van der Waals surface area contributed by atoms with Gasteiger partial charge >= 0.3 is 0 Å². The van der Waals surface area contributed by atoms with E-state index >= 15 is 0 Å². The Morgan fingerprint density at radius 3 is 2.57 bits per heavy atom. The van der Waals surface area contributed by atoms with Gasteiger partial charge in [-0.3, -0.25) is 4.98 Å². The van der Waals surface area contributed by atoms with Crippen LogP contribution in [0.3, 0.4) is 0 Å². The second kappa shape index (κ2) is 4.97. The highest BCUT2D eigenvalue weighted by Crippen LogP contribution is 2.54. The molecule has 21 heavy (non-hydrogen) atoms. The van der Waals surface area contributed by atoms with Crippen molar-refractivity contribution in [1.82, 2.24) is 4.98 Å². The molecule has 1 heterocycles. The van der Waals surface area contributed by atoms with E-state index in [9.17, 15) is 5.11 Å². The van der Waals surface area contributed by atoms with Gasteiger partial charge in [-0.1, -0.05) is 54.6 Å². The van der Waals surface area contributed by atoms with E-state index < -0.39 is 6.10 Å². The number of aliphatic hydroxyl groups is 1. The molecule has 2 heteroatoms. The number of hydrogen-bond acceptors (Lipinski definition) is 2. The predicted molar refractivity (Wildman–Crippen MR) is 84.0 cm³/mol. The minimum Gasteiger partial charge on any atom is -0.386 e. The van der Waals surface area contributed by atoms with Crippen LogP contribution < -0.4 is 0 Å². The molecule has 0 amide bonds. The van der Waals surface area contributed by atoms with Crippen LogP contribution in [0.5, 0.6) is 0 Å². The molecule has 2 aromatic carbocycles. The largest absolute Gasteiger partial charge is 0.386 e. The topological polar surface area (TPSA) is 33.1 Å². The number of aliphatic hydroxyl groups excluding tert-OH is 1. The zero-order valence-corrected chi connectivity index (χ0v) is 11.7. The number of rotatable bonds is 3. The van der Waals surface area contributed by atoms with Gasteiger partial charge in [0, 0.05) is 11.6 Å². The SMILES string of the molecule is OC(c1nccc2ccccc12)C1CC1c1ccccc1. The van der Waals surface area contributed by atoms with Gasteiger partial charge < -0.3 is 5.11 Å². The summed E-state index contributed by atoms with van der Waals surface area (Å²) in [4.78, 5) is 4.45. The number of hydrogen-bond donors (Lipinski definition) is 1. The molecule has 1 aliphatic carbocycles. The molecule has 1 fully saturated rings. The molecule has 1 N–H and O–H groups in total. The third-order valence-electron chi connectivity index (χ3n) is 4.46. The van der Waals surface area contributed by atoms with E-state index in [2.05, 4.69) is 35.3 Å². The molecular weight excluding hydrogens is 258 g/mol. The summed E-state index contributed by atoms with van der Waals surface area (Å²) >= 11 is 0. The summed E-state index contributed by atoms with van der Waals surface area (Å²) in [5.41, 5.74) is 2.14. The normalized spacial score (nSPS) is 22.1. The molecule has 0 saturated heterocycles. The number of benzene rings is 2. The van der Waals surface area contributed by atoms with E-state index in [4.69, 9.17) is 0 Å². The van der Waals surface area contributed by atoms with E-state index in [1.54, 1.807) is 6.20 Å². The lowest BCUT2D eigenvalue weighted by Crippen LogP contribution is -2.04. The van der Waals surface area contributed by atoms with Crippen LogP contribution in [-0.2, 0) is 0 Å². The van der Waals surface area contributed by atoms with Gasteiger partial charge in [0.15, 0.2) is 0 Å². The zero-order valence-electron chi connectivity index (χ0n) is 11.7. The van der Waals surface area contributed by atoms with Crippen LogP contribution in [0.4, 0.5) is 0 Å². The van der Waals surface area contributed by atoms with Crippen LogP contribution in [0.1, 0.15) is 29.7 Å². The fraction of sp³-hybridized carbons (Fsp3) is 0.211. The quantitative estimate of drug-likeness (QED) is 0.781. The summed E-state index contributed by atoms with van der Waals surface area (Å²) in [6.07, 6.45) is 2.35. The van der Waals surface area contributed by atoms with Crippen molar-refractivity contribution in [1.29, 1.82) is 0 Å². The van der Waals surface area contributed by atoms with Crippen molar-refractivity contribution in [3.63, 3.8) is 0 Å². The third kappa shape index (κ3) is 2.22. The minimum absolute atomic E-state index is 0.283. The van der Waals surface area contributed by atoms with Crippen LogP contribution in [0, 0.1) is 5.92 Å². The number of aromatic nitrogens is 1. The predicted octanol–water partition coefficient (Wildman–Crippen LogP) is 4.07. The summed E-state index contributed by atoms with van der Waals surface area (Å²) < 4.78 is 0. The first-order chi connectivity index (χ1) is 10.3. The van der Waals surface area contributed by atoms with Crippen molar-refractivity contribution >= 4 is 10.8 Å². The van der Waals surface area contributed by atoms with Crippen LogP contribution in [0.2, 0.25) is 0 Å². The Hall–Kier alpha value is -2.19. The minimum atomic E-state index is -0.485. The van der Waals surface area contributed by atoms with Gasteiger partial charge in [-0.25, -0.2) is 0 Å². The second-order valence-corrected chi connectivity index (χ2v) is 5.78. The first-order valence-corrected chi connectivity index (χ1v) is 7.41. The van der Waals surface area contributed by atoms with Gasteiger partial charge in [0.1, 0.15) is 0 Å². The molecular formula is C19H17NO. The van der Waals surface area contributed by atoms with Gasteiger partial charge in [-0.05, 0) is 35.3 Å². The number of fused-ring (bicyclic) bond motifs is 1. The Bertz CT molecular complexity index is 763. The lowest BCUT2D eigenvalue weighted by molar-refractivity contribution is 0.148. The fourth-order valence-electron chi connectivity index (χ4n) is 3.23. The van der Waals surface area contributed by atoms with Gasteiger partial charge in [-0.2, -0.15) is 0 Å². The van der Waals surface area contributed by atoms with Crippen molar-refractivity contribution < 1.29 is 5.11 Å². The molecule has 3 unspecified atom stereocenters. The number of pyridine rings is 1. The molecule has 3 aromatic rings. The fourth-order valence-corrected chi connectivity index (χ4v) is 3.23. The van der Waals surface area contributed by atoms with Crippen molar-refractivity contribution in [2.45, 2.75) is 18.4 Å². The highest BCUT2D eigenvalue weighted by molar-refractivity contribution is 5.84. The lowest BCUT2D eigenvalue weighted by atomic mass is 10.0. The van der Waals surface area contributed by atoms with Gasteiger partial charge in [-0.15, -0.1) is 0 Å². The standard InChI is InChI=1S/C19H17NO/c21-19(17-12-16(17)13-6-2-1-3-7-13)18-15-9-5-4-8-14(15)10-11-20-18/h1-11,16-17,19,21H,12H2. The Kier molecular flexibility index (Phi) is 2.97. The molecule has 1 saturated carbocycles. The van der Waals surface area contributed by atoms with E-state index in [0.29, 0.717) is 5.92 Å². The first-order valence-electron chi connectivity index (χ1n) is 7.41. The maximum atomic E-state index is 10.7. The molecule has 104 valence electrons. The van der Waals surface area contributed by atoms with Crippen molar-refractivity contribution in [3.8, 4) is 0 Å². The Morgan fingerprint density at radius 2 is 1.71 bits per heavy atom. The average molecular weight is 275 g/mol. The maximum absolute atomic E-state index is 10.7. The van der Waals surface area contributed by atoms with Crippen molar-refractivity contribution in [2.24, 2.45) is 5.92 Å². The Balaban J connectivity index is 1.65. The highest BCUT2D eigenvalue weighted by Gasteiger charge is 2.44. The molecule has 1 aliphatic rings. The molecule has 0 radical (unpaired) electrons. The third-order valence-corrected chi connectivity index (χ3v) is 4.46. The summed E-state index contributed by atoms with van der Waals surface area (Å²) in [6, 6.07) is 20.6. The smallest absolute Gasteiger partial charge is 0.1000 e. The van der Waals surface area contributed by atoms with E-state index in [-0.39, 0.29) is 5.92 Å². The van der Waals surface area contributed by atoms with E-state index in [1.807, 2.05) is 30.3 Å². The molecule has 0 aliphatic heterocycles. The average Bonchev–Trinajstić information content (AvgIpc) is 3.35. The maximum Gasteiger partial charge on any atom is 0.1000 e. The Labute approximate surface area is 124 Å². The molecule has 1 aromatic heterocycles. The summed E-state index contributed by atoms with van der Waals surface area (Å²) in [6.45, 7) is 0. The van der Waals surface area contributed by atoms with Crippen molar-refractivity contribution in [2.75, 3.05) is 0 Å². The van der Waals surface area contributed by atoms with Gasteiger partial charge in [0.05, 0.1) is 11.8 Å². The molecule has 4 rings (SSSR count). The zero-order chi connectivity index (χ0) is 14.2. The summed E-state index contributed by atoms with van der Waals surface area (Å²) in [7, 11) is 0. The highest BCUT2D eigenvalue weighted by atomic mass is 16.3. The molecule has 0 spiro atoms. The monoisotopic (exact) mass is 275 g/mol. The van der Waals surface area contributed by atoms with Crippen LogP contribution in [0.15, 0.2) is 66.9 Å². The van der Waals surface area contributed by atoms with E-state index in [1.165, 1.54) is 5.56 Å². The van der Waals surface area contributed by atoms with Crippen molar-refractivity contribution in [3.05, 3.63) is 78.1 Å². The van der Waals surface area contributed by atoms with Crippen LogP contribution in [0.25, 0.3) is 10.8 Å².